The largest absolute Gasteiger partial charge is 0.486 e. The van der Waals surface area contributed by atoms with Gasteiger partial charge in [0.15, 0.2) is 11.5 Å². The normalized spacial score (nSPS) is 14.7. The smallest absolute Gasteiger partial charge is 0.161 e. The Kier molecular flexibility index (Phi) is 3.74. The van der Waals surface area contributed by atoms with Crippen LogP contribution < -0.4 is 20.5 Å². The van der Waals surface area contributed by atoms with Gasteiger partial charge in [0.05, 0.1) is 6.04 Å². The van der Waals surface area contributed by atoms with Crippen molar-refractivity contribution < 1.29 is 9.47 Å². The predicted molar refractivity (Wildman–Crippen MR) is 79.3 cm³/mol. The van der Waals surface area contributed by atoms with E-state index in [4.69, 9.17) is 15.2 Å². The van der Waals surface area contributed by atoms with E-state index in [0.717, 1.165) is 22.7 Å². The van der Waals surface area contributed by atoms with E-state index in [1.165, 1.54) is 0 Å². The summed E-state index contributed by atoms with van der Waals surface area (Å²) in [5.41, 5.74) is 8.05. The lowest BCUT2D eigenvalue weighted by molar-refractivity contribution is 0.171. The van der Waals surface area contributed by atoms with E-state index < -0.39 is 0 Å². The Morgan fingerprint density at radius 1 is 1.00 bits per heavy atom. The van der Waals surface area contributed by atoms with Gasteiger partial charge in [0, 0.05) is 12.2 Å². The van der Waals surface area contributed by atoms with Crippen molar-refractivity contribution in [1.29, 1.82) is 0 Å². The molecule has 0 amide bonds. The Bertz CT molecular complexity index is 572. The van der Waals surface area contributed by atoms with Gasteiger partial charge in [-0.25, -0.2) is 0 Å². The van der Waals surface area contributed by atoms with Crippen LogP contribution in [0, 0.1) is 0 Å². The van der Waals surface area contributed by atoms with E-state index in [-0.39, 0.29) is 6.04 Å². The standard InChI is InChI=1S/C16H18N2O2/c17-11-14(18-13-4-2-1-3-5-13)12-6-7-15-16(10-12)20-9-8-19-15/h1-7,10,14,18H,8-9,11,17H2. The lowest BCUT2D eigenvalue weighted by atomic mass is 10.1. The lowest BCUT2D eigenvalue weighted by Crippen LogP contribution is -2.21. The quantitative estimate of drug-likeness (QED) is 0.896. The van der Waals surface area contributed by atoms with E-state index in [2.05, 4.69) is 5.32 Å². The summed E-state index contributed by atoms with van der Waals surface area (Å²) < 4.78 is 11.1. The van der Waals surface area contributed by atoms with Gasteiger partial charge >= 0.3 is 0 Å². The SMILES string of the molecule is NCC(Nc1ccccc1)c1ccc2c(c1)OCCO2. The van der Waals surface area contributed by atoms with Crippen molar-refractivity contribution in [1.82, 2.24) is 0 Å². The third-order valence-corrected chi connectivity index (χ3v) is 3.32. The molecule has 0 aromatic heterocycles. The first-order valence-corrected chi connectivity index (χ1v) is 6.78. The molecule has 0 spiro atoms. The van der Waals surface area contributed by atoms with Crippen LogP contribution in [0.3, 0.4) is 0 Å². The van der Waals surface area contributed by atoms with E-state index in [9.17, 15) is 0 Å². The Balaban J connectivity index is 1.82. The van der Waals surface area contributed by atoms with Crippen molar-refractivity contribution in [2.45, 2.75) is 6.04 Å². The maximum Gasteiger partial charge on any atom is 0.161 e. The zero-order chi connectivity index (χ0) is 13.8. The average molecular weight is 270 g/mol. The van der Waals surface area contributed by atoms with Gasteiger partial charge in [-0.3, -0.25) is 0 Å². The maximum atomic E-state index is 5.89. The molecule has 1 aliphatic heterocycles. The van der Waals surface area contributed by atoms with Crippen molar-refractivity contribution in [3.63, 3.8) is 0 Å². The van der Waals surface area contributed by atoms with Gasteiger partial charge in [-0.15, -0.1) is 0 Å². The number of para-hydroxylation sites is 1. The number of benzene rings is 2. The second-order valence-corrected chi connectivity index (χ2v) is 4.70. The van der Waals surface area contributed by atoms with Crippen molar-refractivity contribution in [3.05, 3.63) is 54.1 Å². The van der Waals surface area contributed by atoms with Crippen LogP contribution >= 0.6 is 0 Å². The van der Waals surface area contributed by atoms with Crippen LogP contribution in [0.2, 0.25) is 0 Å². The summed E-state index contributed by atoms with van der Waals surface area (Å²) >= 11 is 0. The Hall–Kier alpha value is -2.20. The minimum Gasteiger partial charge on any atom is -0.486 e. The summed E-state index contributed by atoms with van der Waals surface area (Å²) in [7, 11) is 0. The van der Waals surface area contributed by atoms with Gasteiger partial charge in [0.1, 0.15) is 13.2 Å². The van der Waals surface area contributed by atoms with Crippen molar-refractivity contribution in [2.75, 3.05) is 25.1 Å². The number of hydrogen-bond acceptors (Lipinski definition) is 4. The predicted octanol–water partition coefficient (Wildman–Crippen LogP) is 2.57. The maximum absolute atomic E-state index is 5.89. The summed E-state index contributed by atoms with van der Waals surface area (Å²) in [5.74, 6) is 1.59. The van der Waals surface area contributed by atoms with Crippen molar-refractivity contribution in [2.24, 2.45) is 5.73 Å². The highest BCUT2D eigenvalue weighted by Crippen LogP contribution is 2.33. The molecular weight excluding hydrogens is 252 g/mol. The molecule has 0 bridgehead atoms. The highest BCUT2D eigenvalue weighted by molar-refractivity contribution is 5.49. The molecule has 3 N–H and O–H groups in total. The molecule has 20 heavy (non-hydrogen) atoms. The van der Waals surface area contributed by atoms with E-state index >= 15 is 0 Å². The molecule has 0 saturated carbocycles. The first kappa shape index (κ1) is 12.8. The van der Waals surface area contributed by atoms with Crippen LogP contribution in [0.25, 0.3) is 0 Å². The molecule has 2 aromatic rings. The van der Waals surface area contributed by atoms with E-state index in [1.54, 1.807) is 0 Å². The fourth-order valence-electron chi connectivity index (χ4n) is 2.29. The molecule has 104 valence electrons. The Labute approximate surface area is 118 Å². The van der Waals surface area contributed by atoms with Crippen LogP contribution in [0.1, 0.15) is 11.6 Å². The van der Waals surface area contributed by atoms with Gasteiger partial charge in [-0.05, 0) is 29.8 Å². The topological polar surface area (TPSA) is 56.5 Å². The van der Waals surface area contributed by atoms with Crippen LogP contribution in [0.15, 0.2) is 48.5 Å². The van der Waals surface area contributed by atoms with Crippen molar-refractivity contribution >= 4 is 5.69 Å². The number of fused-ring (bicyclic) bond motifs is 1. The summed E-state index contributed by atoms with van der Waals surface area (Å²) in [4.78, 5) is 0. The fraction of sp³-hybridized carbons (Fsp3) is 0.250. The summed E-state index contributed by atoms with van der Waals surface area (Å²) in [6, 6.07) is 16.1. The average Bonchev–Trinajstić information content (AvgIpc) is 2.53. The first-order valence-electron chi connectivity index (χ1n) is 6.78. The number of nitrogens with one attached hydrogen (secondary N) is 1. The van der Waals surface area contributed by atoms with E-state index in [1.807, 2.05) is 48.5 Å². The molecule has 1 heterocycles. The molecule has 0 saturated heterocycles. The second-order valence-electron chi connectivity index (χ2n) is 4.70. The molecule has 4 nitrogen and oxygen atoms in total. The van der Waals surface area contributed by atoms with Gasteiger partial charge in [0.2, 0.25) is 0 Å². The molecule has 0 fully saturated rings. The highest BCUT2D eigenvalue weighted by atomic mass is 16.6. The molecule has 4 heteroatoms. The number of rotatable bonds is 4. The lowest BCUT2D eigenvalue weighted by Gasteiger charge is -2.22. The molecule has 0 radical (unpaired) electrons. The van der Waals surface area contributed by atoms with Crippen LogP contribution in [0.5, 0.6) is 11.5 Å². The summed E-state index contributed by atoms with van der Waals surface area (Å²) in [6.45, 7) is 1.71. The molecular formula is C16H18N2O2. The van der Waals surface area contributed by atoms with Gasteiger partial charge in [-0.2, -0.15) is 0 Å². The monoisotopic (exact) mass is 270 g/mol. The molecule has 1 unspecified atom stereocenters. The summed E-state index contributed by atoms with van der Waals surface area (Å²) in [6.07, 6.45) is 0. The molecule has 0 aliphatic carbocycles. The van der Waals surface area contributed by atoms with Crippen molar-refractivity contribution in [3.8, 4) is 11.5 Å². The number of anilines is 1. The zero-order valence-electron chi connectivity index (χ0n) is 11.2. The highest BCUT2D eigenvalue weighted by Gasteiger charge is 2.16. The minimum atomic E-state index is 0.0493. The Morgan fingerprint density at radius 2 is 1.75 bits per heavy atom. The van der Waals surface area contributed by atoms with E-state index in [0.29, 0.717) is 19.8 Å². The van der Waals surface area contributed by atoms with Gasteiger partial charge in [-0.1, -0.05) is 24.3 Å². The fourth-order valence-corrected chi connectivity index (χ4v) is 2.29. The third kappa shape index (κ3) is 2.70. The van der Waals surface area contributed by atoms with Crippen LogP contribution in [-0.4, -0.2) is 19.8 Å². The number of hydrogen-bond donors (Lipinski definition) is 2. The molecule has 1 atom stereocenters. The number of nitrogens with two attached hydrogens (primary N) is 1. The van der Waals surface area contributed by atoms with Crippen LogP contribution in [-0.2, 0) is 0 Å². The molecule has 3 rings (SSSR count). The molecule has 1 aliphatic rings. The van der Waals surface area contributed by atoms with Gasteiger partial charge < -0.3 is 20.5 Å². The first-order chi connectivity index (χ1) is 9.86. The van der Waals surface area contributed by atoms with Crippen LogP contribution in [0.4, 0.5) is 5.69 Å². The molecule has 2 aromatic carbocycles. The second kappa shape index (κ2) is 5.84. The number of ether oxygens (including phenoxy) is 2. The third-order valence-electron chi connectivity index (χ3n) is 3.32. The van der Waals surface area contributed by atoms with Gasteiger partial charge in [0.25, 0.3) is 0 Å². The Morgan fingerprint density at radius 3 is 2.50 bits per heavy atom. The summed E-state index contributed by atoms with van der Waals surface area (Å²) in [5, 5.41) is 3.43. The minimum absolute atomic E-state index is 0.0493. The zero-order valence-corrected chi connectivity index (χ0v) is 11.2.